The first-order chi connectivity index (χ1) is 10.7. The molecule has 0 saturated carbocycles. The van der Waals surface area contributed by atoms with Crippen LogP contribution < -0.4 is 0 Å². The van der Waals surface area contributed by atoms with Crippen molar-refractivity contribution in [3.8, 4) is 0 Å². The van der Waals surface area contributed by atoms with Gasteiger partial charge in [0, 0.05) is 36.0 Å². The van der Waals surface area contributed by atoms with Crippen LogP contribution in [0.2, 0.25) is 0 Å². The van der Waals surface area contributed by atoms with Crippen LogP contribution in [-0.4, -0.2) is 55.1 Å². The molecule has 0 spiro atoms. The molecule has 1 aliphatic heterocycles. The number of aliphatic hydroxyl groups is 1. The first kappa shape index (κ1) is 17.6. The minimum atomic E-state index is -0.484. The first-order valence-corrected chi connectivity index (χ1v) is 8.75. The highest BCUT2D eigenvalue weighted by atomic mass is 32.1. The average molecular weight is 325 g/mol. The van der Waals surface area contributed by atoms with Crippen LogP contribution >= 0.6 is 11.3 Å². The molecule has 0 unspecified atom stereocenters. The molecule has 0 bridgehead atoms. The van der Waals surface area contributed by atoms with Crippen LogP contribution in [0.3, 0.4) is 0 Å². The molecule has 1 aliphatic rings. The van der Waals surface area contributed by atoms with Gasteiger partial charge in [0.2, 0.25) is 0 Å². The Balaban J connectivity index is 1.86. The molecule has 2 atom stereocenters. The molecule has 1 fully saturated rings. The number of thiophene rings is 1. The number of hydrogen-bond acceptors (Lipinski definition) is 5. The molecule has 1 aromatic rings. The zero-order chi connectivity index (χ0) is 15.8. The normalized spacial score (nSPS) is 19.7. The van der Waals surface area contributed by atoms with Gasteiger partial charge in [-0.3, -0.25) is 4.90 Å². The van der Waals surface area contributed by atoms with Crippen LogP contribution in [0.25, 0.3) is 0 Å². The van der Waals surface area contributed by atoms with Crippen LogP contribution in [0.4, 0.5) is 0 Å². The predicted octanol–water partition coefficient (Wildman–Crippen LogP) is 2.60. The predicted molar refractivity (Wildman–Crippen MR) is 90.3 cm³/mol. The zero-order valence-electron chi connectivity index (χ0n) is 13.4. The Kier molecular flexibility index (Phi) is 7.55. The number of nitrogens with zero attached hydrogens (tertiary/aromatic N) is 1. The summed E-state index contributed by atoms with van der Waals surface area (Å²) in [5, 5.41) is 10.2. The summed E-state index contributed by atoms with van der Waals surface area (Å²) >= 11 is 1.81. The minimum Gasteiger partial charge on any atom is -0.389 e. The second-order valence-electron chi connectivity index (χ2n) is 5.82. The summed E-state index contributed by atoms with van der Waals surface area (Å²) in [5.74, 6) is 0. The van der Waals surface area contributed by atoms with Crippen molar-refractivity contribution in [2.75, 3.05) is 32.9 Å². The molecular formula is C17H27NO3S. The van der Waals surface area contributed by atoms with Crippen molar-refractivity contribution in [3.05, 3.63) is 34.5 Å². The van der Waals surface area contributed by atoms with E-state index in [1.54, 1.807) is 6.08 Å². The molecule has 2 heterocycles. The Morgan fingerprint density at radius 3 is 3.09 bits per heavy atom. The van der Waals surface area contributed by atoms with Crippen LogP contribution in [0, 0.1) is 6.92 Å². The maximum absolute atomic E-state index is 10.2. The molecule has 1 aromatic heterocycles. The van der Waals surface area contributed by atoms with Gasteiger partial charge in [-0.25, -0.2) is 0 Å². The van der Waals surface area contributed by atoms with Gasteiger partial charge in [-0.2, -0.15) is 0 Å². The molecule has 4 nitrogen and oxygen atoms in total. The highest BCUT2D eigenvalue weighted by molar-refractivity contribution is 7.11. The fraction of sp³-hybridized carbons (Fsp3) is 0.647. The van der Waals surface area contributed by atoms with E-state index in [0.29, 0.717) is 25.9 Å². The van der Waals surface area contributed by atoms with Crippen molar-refractivity contribution in [1.29, 1.82) is 0 Å². The van der Waals surface area contributed by atoms with Gasteiger partial charge >= 0.3 is 0 Å². The van der Waals surface area contributed by atoms with E-state index in [0.717, 1.165) is 32.5 Å². The van der Waals surface area contributed by atoms with E-state index in [2.05, 4.69) is 30.5 Å². The van der Waals surface area contributed by atoms with Gasteiger partial charge in [-0.1, -0.05) is 6.08 Å². The lowest BCUT2D eigenvalue weighted by Crippen LogP contribution is -2.38. The van der Waals surface area contributed by atoms with Gasteiger partial charge in [0.15, 0.2) is 0 Å². The quantitative estimate of drug-likeness (QED) is 0.530. The summed E-state index contributed by atoms with van der Waals surface area (Å²) in [6.45, 7) is 9.75. The molecule has 22 heavy (non-hydrogen) atoms. The fourth-order valence-corrected chi connectivity index (χ4v) is 3.64. The van der Waals surface area contributed by atoms with Crippen molar-refractivity contribution >= 4 is 11.3 Å². The summed E-state index contributed by atoms with van der Waals surface area (Å²) in [6, 6.07) is 4.32. The van der Waals surface area contributed by atoms with Gasteiger partial charge in [0.1, 0.15) is 0 Å². The molecule has 0 aliphatic carbocycles. The van der Waals surface area contributed by atoms with E-state index >= 15 is 0 Å². The SMILES string of the molecule is C=CCOC[C@@H](O)CN(Cc1ccc(C)s1)C[C@H]1CCCO1. The molecule has 2 rings (SSSR count). The standard InChI is InChI=1S/C17H27NO3S/c1-3-8-20-13-15(19)10-18(11-16-5-4-9-21-16)12-17-7-6-14(2)22-17/h3,6-7,15-16,19H,1,4-5,8-13H2,2H3/t15-,16+/m0/s1. The van der Waals surface area contributed by atoms with Crippen LogP contribution in [-0.2, 0) is 16.0 Å². The summed E-state index contributed by atoms with van der Waals surface area (Å²) in [7, 11) is 0. The number of hydrogen-bond donors (Lipinski definition) is 1. The Hall–Kier alpha value is -0.720. The highest BCUT2D eigenvalue weighted by Crippen LogP contribution is 2.19. The summed E-state index contributed by atoms with van der Waals surface area (Å²) in [4.78, 5) is 4.93. The van der Waals surface area contributed by atoms with Crippen molar-refractivity contribution in [3.63, 3.8) is 0 Å². The van der Waals surface area contributed by atoms with E-state index in [4.69, 9.17) is 9.47 Å². The molecule has 0 aromatic carbocycles. The lowest BCUT2D eigenvalue weighted by Gasteiger charge is -2.27. The second-order valence-corrected chi connectivity index (χ2v) is 7.19. The third-order valence-corrected chi connectivity index (χ3v) is 4.66. The maximum atomic E-state index is 10.2. The van der Waals surface area contributed by atoms with E-state index in [1.165, 1.54) is 9.75 Å². The number of aryl methyl sites for hydroxylation is 1. The second kappa shape index (κ2) is 9.43. The number of ether oxygens (including phenoxy) is 2. The summed E-state index contributed by atoms with van der Waals surface area (Å²) in [5.41, 5.74) is 0. The van der Waals surface area contributed by atoms with E-state index in [1.807, 2.05) is 11.3 Å². The topological polar surface area (TPSA) is 41.9 Å². The van der Waals surface area contributed by atoms with Crippen LogP contribution in [0.1, 0.15) is 22.6 Å². The smallest absolute Gasteiger partial charge is 0.0900 e. The highest BCUT2D eigenvalue weighted by Gasteiger charge is 2.21. The Labute approximate surface area is 137 Å². The third-order valence-electron chi connectivity index (χ3n) is 3.68. The monoisotopic (exact) mass is 325 g/mol. The van der Waals surface area contributed by atoms with Gasteiger partial charge in [-0.05, 0) is 31.9 Å². The van der Waals surface area contributed by atoms with Gasteiger partial charge in [0.05, 0.1) is 25.4 Å². The molecule has 1 saturated heterocycles. The Morgan fingerprint density at radius 2 is 2.45 bits per heavy atom. The molecule has 124 valence electrons. The lowest BCUT2D eigenvalue weighted by molar-refractivity contribution is 0.00882. The lowest BCUT2D eigenvalue weighted by atomic mass is 10.2. The first-order valence-electron chi connectivity index (χ1n) is 7.93. The Bertz CT molecular complexity index is 443. The fourth-order valence-electron chi connectivity index (χ4n) is 2.71. The van der Waals surface area contributed by atoms with E-state index in [9.17, 15) is 5.11 Å². The maximum Gasteiger partial charge on any atom is 0.0900 e. The third kappa shape index (κ3) is 6.18. The molecule has 1 N–H and O–H groups in total. The zero-order valence-corrected chi connectivity index (χ0v) is 14.2. The number of aliphatic hydroxyl groups excluding tert-OH is 1. The molecule has 0 radical (unpaired) electrons. The molecule has 0 amide bonds. The molecular weight excluding hydrogens is 298 g/mol. The van der Waals surface area contributed by atoms with Gasteiger partial charge in [0.25, 0.3) is 0 Å². The van der Waals surface area contributed by atoms with Crippen molar-refractivity contribution < 1.29 is 14.6 Å². The van der Waals surface area contributed by atoms with E-state index in [-0.39, 0.29) is 0 Å². The van der Waals surface area contributed by atoms with Crippen LogP contribution in [0.15, 0.2) is 24.8 Å². The Morgan fingerprint density at radius 1 is 1.59 bits per heavy atom. The summed E-state index contributed by atoms with van der Waals surface area (Å²) in [6.07, 6.45) is 3.76. The minimum absolute atomic E-state index is 0.294. The summed E-state index contributed by atoms with van der Waals surface area (Å²) < 4.78 is 11.1. The van der Waals surface area contributed by atoms with Crippen molar-refractivity contribution in [2.45, 2.75) is 38.5 Å². The average Bonchev–Trinajstić information content (AvgIpc) is 3.11. The molecule has 5 heteroatoms. The van der Waals surface area contributed by atoms with Crippen molar-refractivity contribution in [1.82, 2.24) is 4.90 Å². The van der Waals surface area contributed by atoms with Gasteiger partial charge in [-0.15, -0.1) is 17.9 Å². The van der Waals surface area contributed by atoms with Crippen LogP contribution in [0.5, 0.6) is 0 Å². The number of rotatable bonds is 10. The largest absolute Gasteiger partial charge is 0.389 e. The van der Waals surface area contributed by atoms with Crippen molar-refractivity contribution in [2.24, 2.45) is 0 Å². The van der Waals surface area contributed by atoms with Gasteiger partial charge < -0.3 is 14.6 Å². The van der Waals surface area contributed by atoms with E-state index < -0.39 is 6.10 Å².